The van der Waals surface area contributed by atoms with Crippen molar-refractivity contribution >= 4 is 44.6 Å². The molecule has 0 fully saturated rings. The van der Waals surface area contributed by atoms with Crippen molar-refractivity contribution in [1.82, 2.24) is 23.7 Å². The molecule has 14 heteroatoms. The van der Waals surface area contributed by atoms with Crippen molar-refractivity contribution in [3.8, 4) is 5.75 Å². The number of hydrogen-bond donors (Lipinski definition) is 1. The number of nitrogens with zero attached hydrogens (tertiary/aromatic N) is 5. The van der Waals surface area contributed by atoms with Gasteiger partial charge in [-0.2, -0.15) is 0 Å². The van der Waals surface area contributed by atoms with E-state index in [1.54, 1.807) is 50.7 Å². The van der Waals surface area contributed by atoms with Gasteiger partial charge in [0.2, 0.25) is 0 Å². The Morgan fingerprint density at radius 3 is 2.23 bits per heavy atom. The number of aryl methyl sites for hydroxylation is 1. The van der Waals surface area contributed by atoms with Gasteiger partial charge in [-0.3, -0.25) is 4.79 Å². The molecule has 0 saturated heterocycles. The van der Waals surface area contributed by atoms with Crippen LogP contribution in [0.1, 0.15) is 71.9 Å². The maximum absolute atomic E-state index is 13.9. The first kappa shape index (κ1) is 40.1. The highest BCUT2D eigenvalue weighted by molar-refractivity contribution is 7.90. The summed E-state index contributed by atoms with van der Waals surface area (Å²) in [5.74, 6) is 0.914. The van der Waals surface area contributed by atoms with Crippen molar-refractivity contribution in [3.05, 3.63) is 72.2 Å². The lowest BCUT2D eigenvalue weighted by molar-refractivity contribution is -0.155. The molecule has 1 amide bonds. The van der Waals surface area contributed by atoms with E-state index in [1.165, 1.54) is 15.2 Å². The van der Waals surface area contributed by atoms with Gasteiger partial charge in [0.05, 0.1) is 17.4 Å². The summed E-state index contributed by atoms with van der Waals surface area (Å²) in [5.41, 5.74) is 1.42. The normalized spacial score (nSPS) is 12.2. The Morgan fingerprint density at radius 2 is 1.58 bits per heavy atom. The second-order valence-corrected chi connectivity index (χ2v) is 16.6. The van der Waals surface area contributed by atoms with E-state index in [4.69, 9.17) is 14.2 Å². The fourth-order valence-electron chi connectivity index (χ4n) is 5.59. The molecule has 282 valence electrons. The predicted molar refractivity (Wildman–Crippen MR) is 201 cm³/mol. The van der Waals surface area contributed by atoms with Crippen LogP contribution in [0.5, 0.6) is 5.75 Å². The Balaban J connectivity index is 1.62. The summed E-state index contributed by atoms with van der Waals surface area (Å²) in [6.07, 6.45) is 4.42. The van der Waals surface area contributed by atoms with Gasteiger partial charge in [0, 0.05) is 44.0 Å². The average Bonchev–Trinajstić information content (AvgIpc) is 3.44. The van der Waals surface area contributed by atoms with Crippen LogP contribution in [0, 0.1) is 0 Å². The van der Waals surface area contributed by atoms with Gasteiger partial charge in [0.15, 0.2) is 5.65 Å². The molecule has 0 saturated carbocycles. The summed E-state index contributed by atoms with van der Waals surface area (Å²) in [6, 6.07) is 13.9. The number of anilines is 2. The van der Waals surface area contributed by atoms with Gasteiger partial charge in [-0.15, -0.1) is 0 Å². The Hall–Kier alpha value is -4.69. The van der Waals surface area contributed by atoms with Crippen LogP contribution in [0.3, 0.4) is 0 Å². The molecule has 0 atom stereocenters. The number of nitrogens with one attached hydrogen (secondary N) is 1. The SMILES string of the molecule is COc1ccc(Nc2ncnc3c2c(CCCN(C)C(=O)OC(C)(C)C)cn3S(=O)(=O)c2ccccc2)cc1CN(C)CCCC(=O)OC(C)(C)C. The molecule has 0 spiro atoms. The molecule has 1 N–H and O–H groups in total. The molecule has 2 aromatic heterocycles. The third kappa shape index (κ3) is 10.9. The number of amides is 1. The molecule has 4 rings (SSSR count). The van der Waals surface area contributed by atoms with E-state index in [0.717, 1.165) is 5.56 Å². The van der Waals surface area contributed by atoms with Crippen molar-refractivity contribution in [2.75, 3.05) is 39.6 Å². The zero-order chi connectivity index (χ0) is 38.3. The van der Waals surface area contributed by atoms with E-state index in [9.17, 15) is 18.0 Å². The molecule has 2 heterocycles. The van der Waals surface area contributed by atoms with E-state index in [1.807, 2.05) is 66.8 Å². The van der Waals surface area contributed by atoms with Crippen LogP contribution in [-0.2, 0) is 37.3 Å². The number of hydrogen-bond acceptors (Lipinski definition) is 11. The van der Waals surface area contributed by atoms with E-state index in [-0.39, 0.29) is 16.5 Å². The fourth-order valence-corrected chi connectivity index (χ4v) is 6.95. The minimum Gasteiger partial charge on any atom is -0.496 e. The number of carbonyl (C=O) groups is 2. The van der Waals surface area contributed by atoms with Crippen LogP contribution < -0.4 is 10.1 Å². The van der Waals surface area contributed by atoms with Crippen molar-refractivity contribution in [1.29, 1.82) is 0 Å². The smallest absolute Gasteiger partial charge is 0.410 e. The largest absolute Gasteiger partial charge is 0.496 e. The number of rotatable bonds is 15. The number of esters is 1. The lowest BCUT2D eigenvalue weighted by Crippen LogP contribution is -2.34. The molecule has 0 aliphatic heterocycles. The number of carbonyl (C=O) groups excluding carboxylic acids is 2. The second kappa shape index (κ2) is 16.8. The third-order valence-electron chi connectivity index (χ3n) is 7.90. The van der Waals surface area contributed by atoms with Crippen molar-refractivity contribution in [2.45, 2.75) is 89.9 Å². The van der Waals surface area contributed by atoms with Gasteiger partial charge < -0.3 is 29.3 Å². The maximum Gasteiger partial charge on any atom is 0.410 e. The topological polar surface area (TPSA) is 145 Å². The Morgan fingerprint density at radius 1 is 0.885 bits per heavy atom. The minimum absolute atomic E-state index is 0.131. The zero-order valence-electron chi connectivity index (χ0n) is 31.7. The van der Waals surface area contributed by atoms with E-state index < -0.39 is 27.3 Å². The van der Waals surface area contributed by atoms with Gasteiger partial charge >= 0.3 is 12.1 Å². The number of fused-ring (bicyclic) bond motifs is 1. The Kier molecular flexibility index (Phi) is 12.9. The molecule has 4 aromatic rings. The first-order chi connectivity index (χ1) is 24.4. The summed E-state index contributed by atoms with van der Waals surface area (Å²) in [6.45, 7) is 12.6. The summed E-state index contributed by atoms with van der Waals surface area (Å²) < 4.78 is 45.6. The van der Waals surface area contributed by atoms with Crippen molar-refractivity contribution < 1.29 is 32.2 Å². The third-order valence-corrected chi connectivity index (χ3v) is 9.56. The van der Waals surface area contributed by atoms with Crippen LogP contribution in [0.2, 0.25) is 0 Å². The van der Waals surface area contributed by atoms with E-state index in [0.29, 0.717) is 73.5 Å². The van der Waals surface area contributed by atoms with Crippen LogP contribution in [0.15, 0.2) is 66.0 Å². The molecule has 0 aliphatic carbocycles. The fraction of sp³-hybridized carbons (Fsp3) is 0.474. The summed E-state index contributed by atoms with van der Waals surface area (Å²) in [5, 5.41) is 3.95. The lowest BCUT2D eigenvalue weighted by atomic mass is 10.1. The summed E-state index contributed by atoms with van der Waals surface area (Å²) in [4.78, 5) is 37.5. The van der Waals surface area contributed by atoms with Crippen molar-refractivity contribution in [3.63, 3.8) is 0 Å². The molecule has 0 radical (unpaired) electrons. The summed E-state index contributed by atoms with van der Waals surface area (Å²) >= 11 is 0. The number of aromatic nitrogens is 3. The molecular formula is C38H52N6O7S. The highest BCUT2D eigenvalue weighted by Crippen LogP contribution is 2.33. The first-order valence-electron chi connectivity index (χ1n) is 17.3. The van der Waals surface area contributed by atoms with Gasteiger partial charge in [-0.25, -0.2) is 27.2 Å². The standard InChI is InChI=1S/C38H52N6O7S/c1-37(2,3)50-32(45)18-14-21-42(7)24-28-23-29(19-20-31(28)49-9)41-34-33-27(15-13-22-43(8)36(46)51-38(4,5)6)25-44(35(33)40-26-39-34)52(47,48)30-16-11-10-12-17-30/h10-12,16-17,19-20,23,25-26H,13-15,18,21-22,24H2,1-9H3,(H,39,40,41). The highest BCUT2D eigenvalue weighted by atomic mass is 32.2. The predicted octanol–water partition coefficient (Wildman–Crippen LogP) is 6.77. The number of benzene rings is 2. The highest BCUT2D eigenvalue weighted by Gasteiger charge is 2.25. The quantitative estimate of drug-likeness (QED) is 0.129. The van der Waals surface area contributed by atoms with E-state index >= 15 is 0 Å². The molecule has 13 nitrogen and oxygen atoms in total. The van der Waals surface area contributed by atoms with Crippen LogP contribution in [0.25, 0.3) is 11.0 Å². The molecule has 0 aliphatic rings. The van der Waals surface area contributed by atoms with Crippen LogP contribution in [0.4, 0.5) is 16.3 Å². The molecular weight excluding hydrogens is 685 g/mol. The molecule has 52 heavy (non-hydrogen) atoms. The molecule has 2 aromatic carbocycles. The van der Waals surface area contributed by atoms with E-state index in [2.05, 4.69) is 20.2 Å². The molecule has 0 bridgehead atoms. The number of ether oxygens (including phenoxy) is 3. The van der Waals surface area contributed by atoms with Gasteiger partial charge in [-0.1, -0.05) is 18.2 Å². The maximum atomic E-state index is 13.9. The lowest BCUT2D eigenvalue weighted by Gasteiger charge is -2.24. The van der Waals surface area contributed by atoms with Gasteiger partial charge in [0.1, 0.15) is 29.1 Å². The Bertz CT molecular complexity index is 1950. The van der Waals surface area contributed by atoms with Gasteiger partial charge in [-0.05, 0) is 110 Å². The zero-order valence-corrected chi connectivity index (χ0v) is 32.5. The minimum atomic E-state index is -4.00. The van der Waals surface area contributed by atoms with Crippen LogP contribution in [-0.4, -0.2) is 89.7 Å². The van der Waals surface area contributed by atoms with Gasteiger partial charge in [0.25, 0.3) is 10.0 Å². The molecule has 0 unspecified atom stereocenters. The average molecular weight is 737 g/mol. The first-order valence-corrected chi connectivity index (χ1v) is 18.8. The number of methoxy groups -OCH3 is 1. The monoisotopic (exact) mass is 736 g/mol. The van der Waals surface area contributed by atoms with Crippen molar-refractivity contribution in [2.24, 2.45) is 0 Å². The summed E-state index contributed by atoms with van der Waals surface area (Å²) in [7, 11) is 1.27. The van der Waals surface area contributed by atoms with Crippen LogP contribution >= 0.6 is 0 Å². The Labute approximate surface area is 307 Å². The second-order valence-electron chi connectivity index (χ2n) is 14.8.